The SMILES string of the molecule is Cc1ccc(NC(=O)N2CCC(C(=O)O)C2)cc1C(=O)NC(C)C. The van der Waals surface area contributed by atoms with Gasteiger partial charge in [-0.3, -0.25) is 9.59 Å². The number of carbonyl (C=O) groups excluding carboxylic acids is 2. The Kier molecular flexibility index (Phi) is 5.43. The van der Waals surface area contributed by atoms with Gasteiger partial charge in [0.15, 0.2) is 0 Å². The van der Waals surface area contributed by atoms with Gasteiger partial charge in [0, 0.05) is 30.4 Å². The molecule has 0 bridgehead atoms. The predicted octanol–water partition coefficient (Wildman–Crippen LogP) is 2.07. The molecule has 7 nitrogen and oxygen atoms in total. The van der Waals surface area contributed by atoms with Gasteiger partial charge in [-0.15, -0.1) is 0 Å². The van der Waals surface area contributed by atoms with Crippen LogP contribution in [0.3, 0.4) is 0 Å². The van der Waals surface area contributed by atoms with Crippen LogP contribution in [0.25, 0.3) is 0 Å². The Balaban J connectivity index is 2.06. The Morgan fingerprint density at radius 2 is 2.00 bits per heavy atom. The maximum atomic E-state index is 12.2. The van der Waals surface area contributed by atoms with E-state index in [1.54, 1.807) is 18.2 Å². The molecule has 1 aromatic carbocycles. The minimum atomic E-state index is -0.881. The molecular weight excluding hydrogens is 310 g/mol. The number of aliphatic carboxylic acids is 1. The summed E-state index contributed by atoms with van der Waals surface area (Å²) in [6, 6.07) is 4.81. The molecule has 1 unspecified atom stereocenters. The van der Waals surface area contributed by atoms with Gasteiger partial charge in [-0.25, -0.2) is 4.79 Å². The number of carboxylic acids is 1. The summed E-state index contributed by atoms with van der Waals surface area (Å²) < 4.78 is 0. The van der Waals surface area contributed by atoms with Crippen LogP contribution in [0.1, 0.15) is 36.2 Å². The summed E-state index contributed by atoms with van der Waals surface area (Å²) in [4.78, 5) is 36.9. The number of hydrogen-bond donors (Lipinski definition) is 3. The first-order valence-electron chi connectivity index (χ1n) is 7.98. The lowest BCUT2D eigenvalue weighted by Gasteiger charge is -2.18. The molecule has 0 saturated carbocycles. The van der Waals surface area contributed by atoms with Crippen molar-refractivity contribution in [2.24, 2.45) is 5.92 Å². The van der Waals surface area contributed by atoms with Crippen molar-refractivity contribution in [3.63, 3.8) is 0 Å². The molecule has 1 aromatic rings. The molecule has 0 spiro atoms. The fourth-order valence-electron chi connectivity index (χ4n) is 2.63. The van der Waals surface area contributed by atoms with Crippen molar-refractivity contribution in [1.82, 2.24) is 10.2 Å². The van der Waals surface area contributed by atoms with Crippen LogP contribution in [0.2, 0.25) is 0 Å². The molecule has 2 rings (SSSR count). The van der Waals surface area contributed by atoms with Gasteiger partial charge < -0.3 is 20.6 Å². The molecule has 1 atom stereocenters. The van der Waals surface area contributed by atoms with E-state index < -0.39 is 11.9 Å². The smallest absolute Gasteiger partial charge is 0.321 e. The summed E-state index contributed by atoms with van der Waals surface area (Å²) in [7, 11) is 0. The standard InChI is InChI=1S/C17H23N3O4/c1-10(2)18-15(21)14-8-13(5-4-11(14)3)19-17(24)20-7-6-12(9-20)16(22)23/h4-5,8,10,12H,6-7,9H2,1-3H3,(H,18,21)(H,19,24)(H,22,23). The number of likely N-dealkylation sites (tertiary alicyclic amines) is 1. The third-order valence-corrected chi connectivity index (χ3v) is 3.98. The predicted molar refractivity (Wildman–Crippen MR) is 90.1 cm³/mol. The van der Waals surface area contributed by atoms with Crippen molar-refractivity contribution in [1.29, 1.82) is 0 Å². The Labute approximate surface area is 141 Å². The second-order valence-electron chi connectivity index (χ2n) is 6.36. The average Bonchev–Trinajstić information content (AvgIpc) is 2.98. The zero-order chi connectivity index (χ0) is 17.9. The molecule has 0 aliphatic carbocycles. The first kappa shape index (κ1) is 17.8. The van der Waals surface area contributed by atoms with Crippen LogP contribution in [0, 0.1) is 12.8 Å². The molecule has 1 aliphatic rings. The molecule has 1 heterocycles. The molecule has 1 aliphatic heterocycles. The third kappa shape index (κ3) is 4.24. The fraction of sp³-hybridized carbons (Fsp3) is 0.471. The van der Waals surface area contributed by atoms with Gasteiger partial charge in [-0.05, 0) is 44.9 Å². The van der Waals surface area contributed by atoms with Gasteiger partial charge in [0.2, 0.25) is 0 Å². The topological polar surface area (TPSA) is 98.7 Å². The van der Waals surface area contributed by atoms with Gasteiger partial charge in [0.1, 0.15) is 0 Å². The van der Waals surface area contributed by atoms with E-state index in [0.29, 0.717) is 24.2 Å². The van der Waals surface area contributed by atoms with Crippen LogP contribution in [-0.4, -0.2) is 47.0 Å². The number of benzene rings is 1. The lowest BCUT2D eigenvalue weighted by molar-refractivity contribution is -0.141. The maximum Gasteiger partial charge on any atom is 0.321 e. The monoisotopic (exact) mass is 333 g/mol. The Morgan fingerprint density at radius 1 is 1.29 bits per heavy atom. The minimum absolute atomic E-state index is 0.0210. The highest BCUT2D eigenvalue weighted by molar-refractivity contribution is 5.98. The first-order valence-corrected chi connectivity index (χ1v) is 7.98. The number of amides is 3. The number of hydrogen-bond acceptors (Lipinski definition) is 3. The largest absolute Gasteiger partial charge is 0.481 e. The highest BCUT2D eigenvalue weighted by atomic mass is 16.4. The summed E-state index contributed by atoms with van der Waals surface area (Å²) in [5.74, 6) is -1.58. The van der Waals surface area contributed by atoms with E-state index in [1.807, 2.05) is 20.8 Å². The lowest BCUT2D eigenvalue weighted by Crippen LogP contribution is -2.34. The molecule has 1 saturated heterocycles. The summed E-state index contributed by atoms with van der Waals surface area (Å²) in [5.41, 5.74) is 1.84. The summed E-state index contributed by atoms with van der Waals surface area (Å²) in [6.07, 6.45) is 0.457. The van der Waals surface area contributed by atoms with E-state index in [9.17, 15) is 14.4 Å². The van der Waals surface area contributed by atoms with E-state index >= 15 is 0 Å². The van der Waals surface area contributed by atoms with E-state index in [1.165, 1.54) is 4.90 Å². The maximum absolute atomic E-state index is 12.2. The molecule has 7 heteroatoms. The van der Waals surface area contributed by atoms with Crippen molar-refractivity contribution >= 4 is 23.6 Å². The number of carboxylic acid groups (broad SMARTS) is 1. The molecule has 3 N–H and O–H groups in total. The Morgan fingerprint density at radius 3 is 2.58 bits per heavy atom. The zero-order valence-electron chi connectivity index (χ0n) is 14.1. The van der Waals surface area contributed by atoms with Crippen molar-refractivity contribution < 1.29 is 19.5 Å². The fourth-order valence-corrected chi connectivity index (χ4v) is 2.63. The summed E-state index contributed by atoms with van der Waals surface area (Å²) in [6.45, 7) is 6.21. The van der Waals surface area contributed by atoms with Crippen molar-refractivity contribution in [2.75, 3.05) is 18.4 Å². The number of aryl methyl sites for hydroxylation is 1. The normalized spacial score (nSPS) is 17.0. The van der Waals surface area contributed by atoms with Gasteiger partial charge >= 0.3 is 12.0 Å². The van der Waals surface area contributed by atoms with Gasteiger partial charge in [0.25, 0.3) is 5.91 Å². The zero-order valence-corrected chi connectivity index (χ0v) is 14.1. The van der Waals surface area contributed by atoms with E-state index in [-0.39, 0.29) is 24.5 Å². The molecule has 0 radical (unpaired) electrons. The van der Waals surface area contributed by atoms with Gasteiger partial charge in [-0.2, -0.15) is 0 Å². The highest BCUT2D eigenvalue weighted by Gasteiger charge is 2.30. The molecule has 1 fully saturated rings. The van der Waals surface area contributed by atoms with Gasteiger partial charge in [0.05, 0.1) is 5.92 Å². The van der Waals surface area contributed by atoms with Crippen LogP contribution in [0.15, 0.2) is 18.2 Å². The lowest BCUT2D eigenvalue weighted by atomic mass is 10.1. The Bertz CT molecular complexity index is 657. The van der Waals surface area contributed by atoms with Crippen molar-refractivity contribution in [2.45, 2.75) is 33.2 Å². The van der Waals surface area contributed by atoms with E-state index in [2.05, 4.69) is 10.6 Å². The average molecular weight is 333 g/mol. The second-order valence-corrected chi connectivity index (χ2v) is 6.36. The van der Waals surface area contributed by atoms with Crippen LogP contribution < -0.4 is 10.6 Å². The number of carbonyl (C=O) groups is 3. The molecule has 130 valence electrons. The quantitative estimate of drug-likeness (QED) is 0.785. The number of anilines is 1. The second kappa shape index (κ2) is 7.33. The van der Waals surface area contributed by atoms with E-state index in [0.717, 1.165) is 5.56 Å². The van der Waals surface area contributed by atoms with Crippen LogP contribution in [-0.2, 0) is 4.79 Å². The number of nitrogens with zero attached hydrogens (tertiary/aromatic N) is 1. The number of nitrogens with one attached hydrogen (secondary N) is 2. The summed E-state index contributed by atoms with van der Waals surface area (Å²) >= 11 is 0. The summed E-state index contributed by atoms with van der Waals surface area (Å²) in [5, 5.41) is 14.6. The van der Waals surface area contributed by atoms with Crippen LogP contribution in [0.4, 0.5) is 10.5 Å². The number of urea groups is 1. The molecule has 0 aromatic heterocycles. The molecular formula is C17H23N3O4. The van der Waals surface area contributed by atoms with Crippen molar-refractivity contribution in [3.05, 3.63) is 29.3 Å². The van der Waals surface area contributed by atoms with Crippen molar-refractivity contribution in [3.8, 4) is 0 Å². The van der Waals surface area contributed by atoms with E-state index in [4.69, 9.17) is 5.11 Å². The van der Waals surface area contributed by atoms with Crippen LogP contribution >= 0.6 is 0 Å². The first-order chi connectivity index (χ1) is 11.3. The van der Waals surface area contributed by atoms with Gasteiger partial charge in [-0.1, -0.05) is 6.07 Å². The Hall–Kier alpha value is -2.57. The third-order valence-electron chi connectivity index (χ3n) is 3.98. The van der Waals surface area contributed by atoms with Crippen LogP contribution in [0.5, 0.6) is 0 Å². The number of rotatable bonds is 4. The molecule has 24 heavy (non-hydrogen) atoms. The molecule has 3 amide bonds. The minimum Gasteiger partial charge on any atom is -0.481 e. The highest BCUT2D eigenvalue weighted by Crippen LogP contribution is 2.20.